The Hall–Kier alpha value is -1.77. The first kappa shape index (κ1) is 53.0. The summed E-state index contributed by atoms with van der Waals surface area (Å²) in [5.74, 6) is -2.17. The summed E-state index contributed by atoms with van der Waals surface area (Å²) in [6.07, 6.45) is -15.0. The zero-order valence-electron chi connectivity index (χ0n) is 39.0. The molecule has 20 heteroatoms. The third-order valence-corrected chi connectivity index (χ3v) is 17.4. The molecule has 24 atom stereocenters. The molecule has 2 saturated carbocycles. The van der Waals surface area contributed by atoms with Crippen molar-refractivity contribution < 1.29 is 99.6 Å². The molecule has 5 fully saturated rings. The number of carbonyl (C=O) groups is 1. The Labute approximate surface area is 390 Å². The van der Waals surface area contributed by atoms with E-state index in [0.29, 0.717) is 38.5 Å². The van der Waals surface area contributed by atoms with E-state index < -0.39 is 148 Å². The van der Waals surface area contributed by atoms with Gasteiger partial charge in [0.25, 0.3) is 0 Å². The predicted molar refractivity (Wildman–Crippen MR) is 231 cm³/mol. The zero-order valence-corrected chi connectivity index (χ0v) is 39.0. The summed E-state index contributed by atoms with van der Waals surface area (Å²) < 4.78 is 35.4. The van der Waals surface area contributed by atoms with Crippen LogP contribution in [0.5, 0.6) is 0 Å². The van der Waals surface area contributed by atoms with Crippen molar-refractivity contribution in [2.24, 2.45) is 40.4 Å². The molecule has 7 rings (SSSR count). The van der Waals surface area contributed by atoms with Crippen molar-refractivity contribution >= 4 is 5.97 Å². The summed E-state index contributed by atoms with van der Waals surface area (Å²) in [4.78, 5) is 13.2. The van der Waals surface area contributed by atoms with Crippen molar-refractivity contribution in [1.82, 2.24) is 0 Å². The maximum Gasteiger partial charge on any atom is 0.306 e. The lowest BCUT2D eigenvalue weighted by Crippen LogP contribution is -2.65. The van der Waals surface area contributed by atoms with Gasteiger partial charge in [0.1, 0.15) is 73.2 Å². The molecule has 0 unspecified atom stereocenters. The van der Waals surface area contributed by atoms with Crippen LogP contribution in [0.25, 0.3) is 0 Å². The van der Waals surface area contributed by atoms with Crippen molar-refractivity contribution in [3.05, 3.63) is 23.3 Å². The standard InChI is InChI=1S/C47H76O20/c1-20(2)47(61,21(3)62-42-38(57)35(54)32(51)29(17-48)64-42)15-11-25(41(59)60)27-9-8-26-24-7-6-22-16-23(10-13-45(22,4)28(24)12-14-46(26,27)5)63-44-40(37(56)34(53)31(19-50)66-44)67-43-39(58)36(55)33(52)30(18-49)65-43/h7,12,20-23,25-27,29-40,42-44,48-58,61H,6,8-11,13-19H2,1-5H3,(H,59,60)/t21-,22+,23+,25-,26+,27-,29-,30-,31-,32-,33+,34-,35+,36+,37+,38-,39-,40-,42-,43+,44-,45+,46+,47-/m1/s1. The number of carboxylic acids is 1. The zero-order chi connectivity index (χ0) is 49.1. The van der Waals surface area contributed by atoms with Crippen LogP contribution in [0.3, 0.4) is 0 Å². The highest BCUT2D eigenvalue weighted by atomic mass is 16.8. The Morgan fingerprint density at radius 2 is 1.31 bits per heavy atom. The fourth-order valence-electron chi connectivity index (χ4n) is 12.8. The maximum absolute atomic E-state index is 13.2. The fraction of sp³-hybridized carbons (Fsp3) is 0.894. The predicted octanol–water partition coefficient (Wildman–Crippen LogP) is -1.43. The van der Waals surface area contributed by atoms with Crippen molar-refractivity contribution in [2.45, 2.75) is 202 Å². The van der Waals surface area contributed by atoms with Gasteiger partial charge in [0, 0.05) is 0 Å². The highest BCUT2D eigenvalue weighted by molar-refractivity contribution is 5.70. The van der Waals surface area contributed by atoms with Crippen molar-refractivity contribution in [3.63, 3.8) is 0 Å². The summed E-state index contributed by atoms with van der Waals surface area (Å²) in [7, 11) is 0. The van der Waals surface area contributed by atoms with E-state index in [-0.39, 0.29) is 41.4 Å². The lowest BCUT2D eigenvalue weighted by molar-refractivity contribution is -0.372. The third-order valence-electron chi connectivity index (χ3n) is 17.4. The van der Waals surface area contributed by atoms with Gasteiger partial charge in [-0.3, -0.25) is 4.79 Å². The van der Waals surface area contributed by atoms with Gasteiger partial charge in [0.15, 0.2) is 18.9 Å². The lowest BCUT2D eigenvalue weighted by Gasteiger charge is -2.54. The van der Waals surface area contributed by atoms with Gasteiger partial charge in [-0.1, -0.05) is 39.8 Å². The van der Waals surface area contributed by atoms with Gasteiger partial charge in [-0.25, -0.2) is 0 Å². The average molecular weight is 961 g/mol. The normalized spacial score (nSPS) is 47.5. The fourth-order valence-corrected chi connectivity index (χ4v) is 12.8. The Kier molecular flexibility index (Phi) is 16.4. The third kappa shape index (κ3) is 9.69. The molecule has 384 valence electrons. The molecule has 67 heavy (non-hydrogen) atoms. The van der Waals surface area contributed by atoms with Crippen LogP contribution in [0.2, 0.25) is 0 Å². The van der Waals surface area contributed by atoms with Crippen LogP contribution in [-0.4, -0.2) is 202 Å². The first-order chi connectivity index (χ1) is 31.6. The van der Waals surface area contributed by atoms with E-state index in [1.165, 1.54) is 11.1 Å². The monoisotopic (exact) mass is 960 g/mol. The van der Waals surface area contributed by atoms with Crippen molar-refractivity contribution in [2.75, 3.05) is 19.8 Å². The van der Waals surface area contributed by atoms with Gasteiger partial charge in [0.2, 0.25) is 0 Å². The Morgan fingerprint density at radius 3 is 1.90 bits per heavy atom. The molecule has 0 amide bonds. The number of hydrogen-bond acceptors (Lipinski definition) is 19. The molecule has 3 heterocycles. The average Bonchev–Trinajstić information content (AvgIpc) is 3.65. The van der Waals surface area contributed by atoms with Crippen LogP contribution < -0.4 is 0 Å². The highest BCUT2D eigenvalue weighted by Gasteiger charge is 2.59. The van der Waals surface area contributed by atoms with E-state index >= 15 is 0 Å². The van der Waals surface area contributed by atoms with Gasteiger partial charge in [-0.05, 0) is 110 Å². The van der Waals surface area contributed by atoms with Crippen LogP contribution in [-0.2, 0) is 33.2 Å². The smallest absolute Gasteiger partial charge is 0.306 e. The summed E-state index contributed by atoms with van der Waals surface area (Å²) in [5.41, 5.74) is 0.279. The minimum absolute atomic E-state index is 0.0525. The molecule has 0 bridgehead atoms. The number of aliphatic carboxylic acids is 1. The quantitative estimate of drug-likeness (QED) is 0.0843. The molecule has 0 spiro atoms. The number of fused-ring (bicyclic) bond motifs is 5. The summed E-state index contributed by atoms with van der Waals surface area (Å²) in [5, 5.41) is 137. The van der Waals surface area contributed by atoms with E-state index in [0.717, 1.165) is 6.42 Å². The molecule has 0 aromatic carbocycles. The number of rotatable bonds is 16. The summed E-state index contributed by atoms with van der Waals surface area (Å²) in [6, 6.07) is 0. The largest absolute Gasteiger partial charge is 0.481 e. The number of aliphatic hydroxyl groups excluding tert-OH is 11. The van der Waals surface area contributed by atoms with Crippen LogP contribution in [0.4, 0.5) is 0 Å². The minimum atomic E-state index is -1.79. The Morgan fingerprint density at radius 1 is 0.746 bits per heavy atom. The molecule has 7 aliphatic rings. The van der Waals surface area contributed by atoms with Crippen LogP contribution >= 0.6 is 0 Å². The van der Waals surface area contributed by atoms with Crippen LogP contribution in [0, 0.1) is 40.4 Å². The SMILES string of the molecule is CC(C)[C@](O)(CC[C@@H](C(=O)O)[C@H]1CC[C@H]2C3=CC[C@H]4C[C@@H](O[C@@H]5O[C@H](CO)[C@@H](O)[C@H](O)[C@H]5O[C@@H]5O[C@H](CO)[C@H](O)[C@H](O)[C@H]5O)CC[C@]4(C)C3=CC[C@]12C)[C@@H](C)O[C@@H]1O[C@H](CO)[C@@H](O)[C@H](O)[C@H]1O. The lowest BCUT2D eigenvalue weighted by atomic mass is 9.51. The van der Waals surface area contributed by atoms with Crippen LogP contribution in [0.1, 0.15) is 92.4 Å². The van der Waals surface area contributed by atoms with E-state index in [4.69, 9.17) is 28.4 Å². The Balaban J connectivity index is 1.02. The van der Waals surface area contributed by atoms with E-state index in [1.54, 1.807) is 20.8 Å². The van der Waals surface area contributed by atoms with Gasteiger partial charge >= 0.3 is 5.97 Å². The van der Waals surface area contributed by atoms with Crippen molar-refractivity contribution in [3.8, 4) is 0 Å². The number of allylic oxidation sites excluding steroid dienone is 4. The second-order valence-electron chi connectivity index (χ2n) is 21.2. The van der Waals surface area contributed by atoms with Gasteiger partial charge in [0.05, 0.1) is 43.5 Å². The maximum atomic E-state index is 13.2. The van der Waals surface area contributed by atoms with E-state index in [2.05, 4.69) is 26.0 Å². The second kappa shape index (κ2) is 20.8. The Bertz CT molecular complexity index is 1760. The van der Waals surface area contributed by atoms with Crippen molar-refractivity contribution in [1.29, 1.82) is 0 Å². The number of hydrogen-bond donors (Lipinski definition) is 13. The van der Waals surface area contributed by atoms with Gasteiger partial charge in [-0.2, -0.15) is 0 Å². The molecule has 20 nitrogen and oxygen atoms in total. The van der Waals surface area contributed by atoms with Crippen LogP contribution in [0.15, 0.2) is 23.3 Å². The van der Waals surface area contributed by atoms with E-state index in [1.807, 2.05) is 0 Å². The highest BCUT2D eigenvalue weighted by Crippen LogP contribution is 2.65. The topological polar surface area (TPSA) is 335 Å². The first-order valence-corrected chi connectivity index (χ1v) is 24.1. The first-order valence-electron chi connectivity index (χ1n) is 24.1. The van der Waals surface area contributed by atoms with E-state index in [9.17, 15) is 71.2 Å². The number of aliphatic hydroxyl groups is 12. The number of ether oxygens (including phenoxy) is 6. The number of carboxylic acid groups (broad SMARTS) is 1. The molecular weight excluding hydrogens is 884 g/mol. The molecule has 3 saturated heterocycles. The molecule has 0 radical (unpaired) electrons. The van der Waals surface area contributed by atoms with Gasteiger partial charge in [-0.15, -0.1) is 0 Å². The molecular formula is C47H76O20. The second-order valence-corrected chi connectivity index (χ2v) is 21.2. The molecule has 13 N–H and O–H groups in total. The summed E-state index contributed by atoms with van der Waals surface area (Å²) in [6.45, 7) is 7.61. The van der Waals surface area contributed by atoms with Gasteiger partial charge < -0.3 is 94.8 Å². The minimum Gasteiger partial charge on any atom is -0.481 e. The summed E-state index contributed by atoms with van der Waals surface area (Å²) >= 11 is 0. The molecule has 4 aliphatic carbocycles. The molecule has 0 aromatic rings. The molecule has 0 aromatic heterocycles. The molecule has 3 aliphatic heterocycles.